The molecule has 88 valence electrons. The molecule has 0 radical (unpaired) electrons. The highest BCUT2D eigenvalue weighted by atomic mass is 19.1. The highest BCUT2D eigenvalue weighted by molar-refractivity contribution is 5.43. The molecular weight excluding hydrogens is 210 g/mol. The molecule has 1 fully saturated rings. The zero-order valence-corrected chi connectivity index (χ0v) is 9.05. The van der Waals surface area contributed by atoms with Crippen LogP contribution in [0.2, 0.25) is 0 Å². The van der Waals surface area contributed by atoms with Gasteiger partial charge in [0.2, 0.25) is 0 Å². The van der Waals surface area contributed by atoms with Crippen molar-refractivity contribution in [2.45, 2.75) is 31.0 Å². The number of hydrogen-bond acceptors (Lipinski definition) is 2. The van der Waals surface area contributed by atoms with E-state index in [1.807, 2.05) is 0 Å². The number of alkyl halides is 1. The van der Waals surface area contributed by atoms with Crippen LogP contribution in [0.15, 0.2) is 24.3 Å². The summed E-state index contributed by atoms with van der Waals surface area (Å²) >= 11 is 0. The number of rotatable bonds is 3. The van der Waals surface area contributed by atoms with Crippen LogP contribution >= 0.6 is 0 Å². The molecule has 2 rings (SSSR count). The minimum absolute atomic E-state index is 0.0423. The van der Waals surface area contributed by atoms with Crippen molar-refractivity contribution in [1.82, 2.24) is 0 Å². The van der Waals surface area contributed by atoms with Gasteiger partial charge in [-0.25, -0.2) is 8.78 Å². The Morgan fingerprint density at radius 3 is 2.94 bits per heavy atom. The van der Waals surface area contributed by atoms with Crippen LogP contribution in [0, 0.1) is 5.82 Å². The van der Waals surface area contributed by atoms with Gasteiger partial charge in [-0.05, 0) is 37.5 Å². The van der Waals surface area contributed by atoms with Crippen LogP contribution in [-0.2, 0) is 0 Å². The minimum atomic E-state index is -1.24. The van der Waals surface area contributed by atoms with Crippen LogP contribution in [0.25, 0.3) is 0 Å². The summed E-state index contributed by atoms with van der Waals surface area (Å²) in [6.07, 6.45) is 1.59. The molecule has 0 aromatic heterocycles. The lowest BCUT2D eigenvalue weighted by Crippen LogP contribution is -2.31. The van der Waals surface area contributed by atoms with E-state index in [1.54, 1.807) is 12.1 Å². The summed E-state index contributed by atoms with van der Waals surface area (Å²) in [5.41, 5.74) is 5.04. The lowest BCUT2D eigenvalue weighted by Gasteiger charge is -2.20. The van der Waals surface area contributed by atoms with E-state index in [-0.39, 0.29) is 18.4 Å². The van der Waals surface area contributed by atoms with Gasteiger partial charge in [0.1, 0.15) is 11.5 Å². The molecular formula is C12H16F2N2. The summed E-state index contributed by atoms with van der Waals surface area (Å²) in [6, 6.07) is 6.00. The number of halogens is 2. The highest BCUT2D eigenvalue weighted by Gasteiger charge is 2.37. The summed E-state index contributed by atoms with van der Waals surface area (Å²) < 4.78 is 27.0. The Balaban J connectivity index is 1.92. The van der Waals surface area contributed by atoms with Gasteiger partial charge in [0, 0.05) is 18.3 Å². The highest BCUT2D eigenvalue weighted by Crippen LogP contribution is 2.32. The number of nitrogens with one attached hydrogen (secondary N) is 1. The third kappa shape index (κ3) is 2.70. The van der Waals surface area contributed by atoms with Crippen LogP contribution in [0.3, 0.4) is 0 Å². The van der Waals surface area contributed by atoms with E-state index in [0.717, 1.165) is 6.42 Å². The van der Waals surface area contributed by atoms with Crippen LogP contribution < -0.4 is 11.1 Å². The van der Waals surface area contributed by atoms with Gasteiger partial charge in [-0.1, -0.05) is 6.07 Å². The first-order valence-corrected chi connectivity index (χ1v) is 5.51. The molecule has 1 aromatic carbocycles. The van der Waals surface area contributed by atoms with E-state index in [1.165, 1.54) is 12.1 Å². The number of hydrogen-bond donors (Lipinski definition) is 2. The predicted octanol–water partition coefficient (Wildman–Crippen LogP) is 2.46. The smallest absolute Gasteiger partial charge is 0.129 e. The predicted molar refractivity (Wildman–Crippen MR) is 60.6 cm³/mol. The lowest BCUT2D eigenvalue weighted by molar-refractivity contribution is 0.187. The SMILES string of the molecule is NC1CCC(F)(CNc2cccc(F)c2)C1. The normalized spacial score (nSPS) is 29.3. The van der Waals surface area contributed by atoms with Gasteiger partial charge in [-0.2, -0.15) is 0 Å². The Hall–Kier alpha value is -1.16. The third-order valence-electron chi connectivity index (χ3n) is 3.03. The first-order chi connectivity index (χ1) is 7.57. The fourth-order valence-electron chi connectivity index (χ4n) is 2.14. The van der Waals surface area contributed by atoms with E-state index in [0.29, 0.717) is 18.5 Å². The molecule has 2 atom stereocenters. The van der Waals surface area contributed by atoms with Crippen molar-refractivity contribution in [3.63, 3.8) is 0 Å². The Morgan fingerprint density at radius 1 is 1.50 bits per heavy atom. The third-order valence-corrected chi connectivity index (χ3v) is 3.03. The van der Waals surface area contributed by atoms with Crippen LogP contribution in [0.1, 0.15) is 19.3 Å². The van der Waals surface area contributed by atoms with E-state index >= 15 is 0 Å². The fraction of sp³-hybridized carbons (Fsp3) is 0.500. The summed E-state index contributed by atoms with van der Waals surface area (Å²) in [5.74, 6) is -0.318. The Bertz CT molecular complexity index is 370. The quantitative estimate of drug-likeness (QED) is 0.830. The molecule has 0 spiro atoms. The zero-order chi connectivity index (χ0) is 11.6. The largest absolute Gasteiger partial charge is 0.382 e. The first-order valence-electron chi connectivity index (χ1n) is 5.51. The Kier molecular flexibility index (Phi) is 3.10. The van der Waals surface area contributed by atoms with Gasteiger partial charge in [-0.3, -0.25) is 0 Å². The Morgan fingerprint density at radius 2 is 2.31 bits per heavy atom. The zero-order valence-electron chi connectivity index (χ0n) is 9.05. The maximum Gasteiger partial charge on any atom is 0.129 e. The van der Waals surface area contributed by atoms with Crippen LogP contribution in [0.4, 0.5) is 14.5 Å². The molecule has 3 N–H and O–H groups in total. The average molecular weight is 226 g/mol. The van der Waals surface area contributed by atoms with E-state index in [2.05, 4.69) is 5.32 Å². The van der Waals surface area contributed by atoms with Crippen LogP contribution in [0.5, 0.6) is 0 Å². The van der Waals surface area contributed by atoms with Crippen molar-refractivity contribution in [3.05, 3.63) is 30.1 Å². The molecule has 2 unspecified atom stereocenters. The summed E-state index contributed by atoms with van der Waals surface area (Å²) in [7, 11) is 0. The van der Waals surface area contributed by atoms with E-state index in [9.17, 15) is 8.78 Å². The first kappa shape index (κ1) is 11.3. The van der Waals surface area contributed by atoms with Gasteiger partial charge in [0.25, 0.3) is 0 Å². The van der Waals surface area contributed by atoms with Crippen molar-refractivity contribution >= 4 is 5.69 Å². The van der Waals surface area contributed by atoms with Gasteiger partial charge in [0.15, 0.2) is 0 Å². The van der Waals surface area contributed by atoms with Crippen molar-refractivity contribution in [1.29, 1.82) is 0 Å². The second-order valence-corrected chi connectivity index (χ2v) is 4.52. The monoisotopic (exact) mass is 226 g/mol. The van der Waals surface area contributed by atoms with Gasteiger partial charge < -0.3 is 11.1 Å². The van der Waals surface area contributed by atoms with Gasteiger partial charge in [-0.15, -0.1) is 0 Å². The second-order valence-electron chi connectivity index (χ2n) is 4.52. The maximum atomic E-state index is 14.1. The van der Waals surface area contributed by atoms with E-state index in [4.69, 9.17) is 5.73 Å². The van der Waals surface area contributed by atoms with Crippen molar-refractivity contribution in [2.75, 3.05) is 11.9 Å². The summed E-state index contributed by atoms with van der Waals surface area (Å²) in [5, 5.41) is 2.92. The molecule has 1 saturated carbocycles. The van der Waals surface area contributed by atoms with Crippen molar-refractivity contribution in [3.8, 4) is 0 Å². The van der Waals surface area contributed by atoms with Gasteiger partial charge >= 0.3 is 0 Å². The molecule has 2 nitrogen and oxygen atoms in total. The molecule has 0 amide bonds. The van der Waals surface area contributed by atoms with Crippen molar-refractivity contribution < 1.29 is 8.78 Å². The molecule has 1 aliphatic rings. The van der Waals surface area contributed by atoms with Crippen molar-refractivity contribution in [2.24, 2.45) is 5.73 Å². The standard InChI is InChI=1S/C12H16F2N2/c13-9-2-1-3-11(6-9)16-8-12(14)5-4-10(15)7-12/h1-3,6,10,16H,4-5,7-8,15H2. The number of benzene rings is 1. The number of anilines is 1. The van der Waals surface area contributed by atoms with E-state index < -0.39 is 5.67 Å². The maximum absolute atomic E-state index is 14.1. The lowest BCUT2D eigenvalue weighted by atomic mass is 10.0. The summed E-state index contributed by atoms with van der Waals surface area (Å²) in [4.78, 5) is 0. The minimum Gasteiger partial charge on any atom is -0.382 e. The Labute approximate surface area is 93.8 Å². The molecule has 16 heavy (non-hydrogen) atoms. The fourth-order valence-corrected chi connectivity index (χ4v) is 2.14. The molecule has 1 aromatic rings. The molecule has 0 heterocycles. The molecule has 0 bridgehead atoms. The topological polar surface area (TPSA) is 38.0 Å². The molecule has 0 saturated heterocycles. The second kappa shape index (κ2) is 4.37. The van der Waals surface area contributed by atoms with Crippen LogP contribution in [-0.4, -0.2) is 18.3 Å². The summed E-state index contributed by atoms with van der Waals surface area (Å²) in [6.45, 7) is 0.199. The van der Waals surface area contributed by atoms with Gasteiger partial charge in [0.05, 0.1) is 0 Å². The number of nitrogens with two attached hydrogens (primary N) is 1. The average Bonchev–Trinajstić information content (AvgIpc) is 2.57. The molecule has 1 aliphatic carbocycles. The molecule has 0 aliphatic heterocycles. The molecule has 4 heteroatoms.